The van der Waals surface area contributed by atoms with Crippen molar-refractivity contribution in [2.24, 2.45) is 5.92 Å². The van der Waals surface area contributed by atoms with Gasteiger partial charge in [-0.2, -0.15) is 0 Å². The molecule has 1 rings (SSSR count). The second-order valence-corrected chi connectivity index (χ2v) is 7.51. The maximum Gasteiger partial charge on any atom is 0.335 e. The molecule has 1 aromatic carbocycles. The van der Waals surface area contributed by atoms with Gasteiger partial charge in [0.05, 0.1) is 10.5 Å². The molecular formula is C14H20BrNO4S. The largest absolute Gasteiger partial charge is 0.478 e. The Morgan fingerprint density at radius 3 is 2.38 bits per heavy atom. The smallest absolute Gasteiger partial charge is 0.335 e. The number of hydrogen-bond acceptors (Lipinski definition) is 3. The van der Waals surface area contributed by atoms with Gasteiger partial charge in [-0.3, -0.25) is 0 Å². The molecule has 0 amide bonds. The Bertz CT molecular complexity index is 624. The van der Waals surface area contributed by atoms with E-state index in [1.807, 2.05) is 13.8 Å². The number of carboxylic acids is 1. The summed E-state index contributed by atoms with van der Waals surface area (Å²) in [4.78, 5) is 11.1. The van der Waals surface area contributed by atoms with Crippen molar-refractivity contribution in [1.82, 2.24) is 4.72 Å². The minimum absolute atomic E-state index is 0.000214. The number of hydrogen-bond donors (Lipinski definition) is 2. The molecule has 0 radical (unpaired) electrons. The van der Waals surface area contributed by atoms with Crippen LogP contribution < -0.4 is 4.72 Å². The molecule has 0 atom stereocenters. The van der Waals surface area contributed by atoms with Gasteiger partial charge in [0.2, 0.25) is 10.0 Å². The summed E-state index contributed by atoms with van der Waals surface area (Å²) in [5, 5.41) is 9.05. The Morgan fingerprint density at radius 1 is 1.33 bits per heavy atom. The third kappa shape index (κ3) is 4.52. The average molecular weight is 378 g/mol. The van der Waals surface area contributed by atoms with E-state index in [1.54, 1.807) is 6.92 Å². The molecule has 0 aliphatic carbocycles. The van der Waals surface area contributed by atoms with E-state index in [-0.39, 0.29) is 16.4 Å². The van der Waals surface area contributed by atoms with Gasteiger partial charge in [0.15, 0.2) is 0 Å². The minimum Gasteiger partial charge on any atom is -0.478 e. The lowest BCUT2D eigenvalue weighted by Gasteiger charge is -2.15. The van der Waals surface area contributed by atoms with E-state index in [4.69, 9.17) is 5.11 Å². The standard InChI is InChI=1S/C14H20BrNO4S/c1-4-10(5-2)8-16-21(19,20)13-7-11(14(17)18)6-12(15)9(13)3/h6-7,10,16H,4-5,8H2,1-3H3,(H,17,18). The summed E-state index contributed by atoms with van der Waals surface area (Å²) in [6.45, 7) is 6.01. The van der Waals surface area contributed by atoms with E-state index in [1.165, 1.54) is 12.1 Å². The predicted molar refractivity (Wildman–Crippen MR) is 85.1 cm³/mol. The number of carboxylic acid groups (broad SMARTS) is 1. The van der Waals surface area contributed by atoms with Crippen LogP contribution in [-0.4, -0.2) is 26.0 Å². The summed E-state index contributed by atoms with van der Waals surface area (Å²) in [5.74, 6) is -0.890. The molecule has 0 heterocycles. The second-order valence-electron chi connectivity index (χ2n) is 4.92. The van der Waals surface area contributed by atoms with E-state index in [0.717, 1.165) is 12.8 Å². The Kier molecular flexibility index (Phi) is 6.37. The molecule has 0 aliphatic rings. The summed E-state index contributed by atoms with van der Waals surface area (Å²) < 4.78 is 27.8. The first-order valence-electron chi connectivity index (χ1n) is 6.76. The van der Waals surface area contributed by atoms with Crippen molar-refractivity contribution in [1.29, 1.82) is 0 Å². The molecule has 5 nitrogen and oxygen atoms in total. The highest BCUT2D eigenvalue weighted by Gasteiger charge is 2.21. The summed E-state index contributed by atoms with van der Waals surface area (Å²) >= 11 is 3.21. The molecule has 21 heavy (non-hydrogen) atoms. The fraction of sp³-hybridized carbons (Fsp3) is 0.500. The average Bonchev–Trinajstić information content (AvgIpc) is 2.42. The van der Waals surface area contributed by atoms with E-state index < -0.39 is 16.0 Å². The lowest BCUT2D eigenvalue weighted by atomic mass is 10.0. The van der Waals surface area contributed by atoms with Crippen LogP contribution in [0.3, 0.4) is 0 Å². The zero-order chi connectivity index (χ0) is 16.2. The van der Waals surface area contributed by atoms with Crippen LogP contribution in [0.2, 0.25) is 0 Å². The fourth-order valence-electron chi connectivity index (χ4n) is 1.94. The van der Waals surface area contributed by atoms with Gasteiger partial charge in [-0.1, -0.05) is 42.6 Å². The summed E-state index contributed by atoms with van der Waals surface area (Å²) in [7, 11) is -3.73. The van der Waals surface area contributed by atoms with E-state index in [9.17, 15) is 13.2 Å². The Morgan fingerprint density at radius 2 is 1.90 bits per heavy atom. The first-order valence-corrected chi connectivity index (χ1v) is 9.03. The van der Waals surface area contributed by atoms with Gasteiger partial charge in [0.25, 0.3) is 0 Å². The summed E-state index contributed by atoms with van der Waals surface area (Å²) in [6.07, 6.45) is 1.77. The number of rotatable bonds is 7. The summed E-state index contributed by atoms with van der Waals surface area (Å²) in [6, 6.07) is 2.59. The Balaban J connectivity index is 3.16. The van der Waals surface area contributed by atoms with E-state index >= 15 is 0 Å². The lowest BCUT2D eigenvalue weighted by Crippen LogP contribution is -2.29. The SMILES string of the molecule is CCC(CC)CNS(=O)(=O)c1cc(C(=O)O)cc(Br)c1C. The van der Waals surface area contributed by atoms with Crippen molar-refractivity contribution >= 4 is 31.9 Å². The van der Waals surface area contributed by atoms with Crippen LogP contribution in [0.5, 0.6) is 0 Å². The Labute approximate surface area is 133 Å². The third-order valence-corrected chi connectivity index (χ3v) is 5.92. The topological polar surface area (TPSA) is 83.5 Å². The lowest BCUT2D eigenvalue weighted by molar-refractivity contribution is 0.0696. The van der Waals surface area contributed by atoms with Crippen LogP contribution in [0, 0.1) is 12.8 Å². The van der Waals surface area contributed by atoms with Gasteiger partial charge in [-0.25, -0.2) is 17.9 Å². The van der Waals surface area contributed by atoms with Crippen LogP contribution in [0.1, 0.15) is 42.6 Å². The van der Waals surface area contributed by atoms with Crippen molar-refractivity contribution in [2.75, 3.05) is 6.54 Å². The predicted octanol–water partition coefficient (Wildman–Crippen LogP) is 3.17. The summed E-state index contributed by atoms with van der Waals surface area (Å²) in [5.41, 5.74) is 0.437. The number of carbonyl (C=O) groups is 1. The van der Waals surface area contributed by atoms with Crippen LogP contribution in [0.15, 0.2) is 21.5 Å². The minimum atomic E-state index is -3.73. The Hall–Kier alpha value is -0.920. The molecule has 2 N–H and O–H groups in total. The molecular weight excluding hydrogens is 358 g/mol. The molecule has 0 saturated heterocycles. The number of aromatic carboxylic acids is 1. The maximum absolute atomic E-state index is 12.4. The van der Waals surface area contributed by atoms with Crippen molar-refractivity contribution in [3.8, 4) is 0 Å². The molecule has 118 valence electrons. The highest BCUT2D eigenvalue weighted by molar-refractivity contribution is 9.10. The first kappa shape index (κ1) is 18.1. The number of halogens is 1. The van der Waals surface area contributed by atoms with Crippen LogP contribution in [0.4, 0.5) is 0 Å². The molecule has 0 aliphatic heterocycles. The van der Waals surface area contributed by atoms with Crippen LogP contribution in [-0.2, 0) is 10.0 Å². The van der Waals surface area contributed by atoms with Gasteiger partial charge in [-0.05, 0) is 30.5 Å². The van der Waals surface area contributed by atoms with Crippen molar-refractivity contribution in [3.05, 3.63) is 27.7 Å². The third-order valence-electron chi connectivity index (χ3n) is 3.55. The zero-order valence-corrected chi connectivity index (χ0v) is 14.7. The number of benzene rings is 1. The fourth-order valence-corrected chi connectivity index (χ4v) is 3.94. The molecule has 0 aromatic heterocycles. The molecule has 0 unspecified atom stereocenters. The zero-order valence-electron chi connectivity index (χ0n) is 12.3. The van der Waals surface area contributed by atoms with E-state index in [2.05, 4.69) is 20.7 Å². The van der Waals surface area contributed by atoms with Crippen LogP contribution >= 0.6 is 15.9 Å². The van der Waals surface area contributed by atoms with Gasteiger partial charge >= 0.3 is 5.97 Å². The van der Waals surface area contributed by atoms with Gasteiger partial charge < -0.3 is 5.11 Å². The molecule has 0 fully saturated rings. The number of sulfonamides is 1. The monoisotopic (exact) mass is 377 g/mol. The molecule has 1 aromatic rings. The molecule has 0 saturated carbocycles. The highest BCUT2D eigenvalue weighted by atomic mass is 79.9. The quantitative estimate of drug-likeness (QED) is 0.764. The van der Waals surface area contributed by atoms with Crippen molar-refractivity contribution in [2.45, 2.75) is 38.5 Å². The van der Waals surface area contributed by atoms with Gasteiger partial charge in [-0.15, -0.1) is 0 Å². The van der Waals surface area contributed by atoms with Crippen molar-refractivity contribution < 1.29 is 18.3 Å². The van der Waals surface area contributed by atoms with Crippen molar-refractivity contribution in [3.63, 3.8) is 0 Å². The molecule has 0 bridgehead atoms. The molecule has 7 heteroatoms. The second kappa shape index (κ2) is 7.38. The molecule has 0 spiro atoms. The maximum atomic E-state index is 12.4. The first-order chi connectivity index (χ1) is 9.72. The normalized spacial score (nSPS) is 11.9. The highest BCUT2D eigenvalue weighted by Crippen LogP contribution is 2.26. The van der Waals surface area contributed by atoms with Crippen LogP contribution in [0.25, 0.3) is 0 Å². The van der Waals surface area contributed by atoms with E-state index in [0.29, 0.717) is 16.6 Å². The van der Waals surface area contributed by atoms with Gasteiger partial charge in [0, 0.05) is 11.0 Å². The number of nitrogens with one attached hydrogen (secondary N) is 1. The van der Waals surface area contributed by atoms with Gasteiger partial charge in [0.1, 0.15) is 0 Å².